The molecule has 72 valence electrons. The number of aryl methyl sites for hydroxylation is 2. The first-order valence-corrected chi connectivity index (χ1v) is 4.63. The number of nitrogens with zero attached hydrogens (tertiary/aromatic N) is 1. The van der Waals surface area contributed by atoms with Crippen LogP contribution in [-0.2, 0) is 0 Å². The van der Waals surface area contributed by atoms with Gasteiger partial charge in [-0.2, -0.15) is 0 Å². The largest absolute Gasteiger partial charge is 0.496 e. The summed E-state index contributed by atoms with van der Waals surface area (Å²) in [6, 6.07) is 8.13. The van der Waals surface area contributed by atoms with Crippen LogP contribution in [0.2, 0.25) is 0 Å². The minimum Gasteiger partial charge on any atom is -0.496 e. The van der Waals surface area contributed by atoms with Crippen LogP contribution in [-0.4, -0.2) is 12.1 Å². The zero-order valence-corrected chi connectivity index (χ0v) is 8.66. The number of ether oxygens (including phenoxy) is 1. The predicted molar refractivity (Wildman–Crippen MR) is 57.8 cm³/mol. The van der Waals surface area contributed by atoms with Crippen molar-refractivity contribution in [2.75, 3.05) is 7.11 Å². The van der Waals surface area contributed by atoms with E-state index in [0.29, 0.717) is 0 Å². The summed E-state index contributed by atoms with van der Waals surface area (Å²) in [5, 5.41) is 1.08. The van der Waals surface area contributed by atoms with Crippen LogP contribution in [0.25, 0.3) is 10.9 Å². The zero-order chi connectivity index (χ0) is 10.1. The Morgan fingerprint density at radius 3 is 2.57 bits per heavy atom. The van der Waals surface area contributed by atoms with Gasteiger partial charge in [0, 0.05) is 11.1 Å². The van der Waals surface area contributed by atoms with Gasteiger partial charge in [-0.25, -0.2) is 0 Å². The molecule has 2 aromatic rings. The van der Waals surface area contributed by atoms with Crippen molar-refractivity contribution in [2.45, 2.75) is 13.8 Å². The highest BCUT2D eigenvalue weighted by molar-refractivity contribution is 5.86. The molecule has 0 bridgehead atoms. The summed E-state index contributed by atoms with van der Waals surface area (Å²) in [6.07, 6.45) is 0. The molecule has 0 fully saturated rings. The Balaban J connectivity index is 2.82. The summed E-state index contributed by atoms with van der Waals surface area (Å²) in [5.41, 5.74) is 3.17. The van der Waals surface area contributed by atoms with Crippen LogP contribution >= 0.6 is 0 Å². The van der Waals surface area contributed by atoms with Gasteiger partial charge in [0.2, 0.25) is 0 Å². The maximum atomic E-state index is 5.36. The molecule has 0 atom stereocenters. The van der Waals surface area contributed by atoms with Gasteiger partial charge in [0.1, 0.15) is 5.75 Å². The van der Waals surface area contributed by atoms with Crippen LogP contribution in [0.3, 0.4) is 0 Å². The summed E-state index contributed by atoms with van der Waals surface area (Å²) >= 11 is 0. The lowest BCUT2D eigenvalue weighted by atomic mass is 10.1. The SMILES string of the molecule is COc1c(C)ccc2nc(C)ccc12. The van der Waals surface area contributed by atoms with Crippen molar-refractivity contribution in [1.29, 1.82) is 0 Å². The first-order valence-electron chi connectivity index (χ1n) is 4.63. The second-order valence-electron chi connectivity index (χ2n) is 3.44. The highest BCUT2D eigenvalue weighted by Gasteiger charge is 2.05. The number of hydrogen-bond donors (Lipinski definition) is 0. The second-order valence-corrected chi connectivity index (χ2v) is 3.44. The Morgan fingerprint density at radius 1 is 1.07 bits per heavy atom. The fourth-order valence-corrected chi connectivity index (χ4v) is 1.66. The van der Waals surface area contributed by atoms with E-state index in [0.717, 1.165) is 27.9 Å². The molecule has 0 unspecified atom stereocenters. The predicted octanol–water partition coefficient (Wildman–Crippen LogP) is 2.86. The summed E-state index contributed by atoms with van der Waals surface area (Å²) in [6.45, 7) is 4.03. The van der Waals surface area contributed by atoms with Gasteiger partial charge in [0.15, 0.2) is 0 Å². The molecule has 1 aromatic heterocycles. The van der Waals surface area contributed by atoms with Gasteiger partial charge in [-0.3, -0.25) is 4.98 Å². The second kappa shape index (κ2) is 3.29. The van der Waals surface area contributed by atoms with Crippen LogP contribution in [0, 0.1) is 13.8 Å². The lowest BCUT2D eigenvalue weighted by Crippen LogP contribution is -1.91. The van der Waals surface area contributed by atoms with E-state index in [1.807, 2.05) is 32.0 Å². The van der Waals surface area contributed by atoms with Crippen LogP contribution in [0.4, 0.5) is 0 Å². The number of fused-ring (bicyclic) bond motifs is 1. The molecular formula is C12H13NO. The number of aromatic nitrogens is 1. The van der Waals surface area contributed by atoms with Crippen molar-refractivity contribution in [2.24, 2.45) is 0 Å². The maximum Gasteiger partial charge on any atom is 0.131 e. The Labute approximate surface area is 83.5 Å². The van der Waals surface area contributed by atoms with Crippen molar-refractivity contribution >= 4 is 10.9 Å². The lowest BCUT2D eigenvalue weighted by molar-refractivity contribution is 0.416. The molecule has 2 heteroatoms. The maximum absolute atomic E-state index is 5.36. The molecule has 0 spiro atoms. The summed E-state index contributed by atoms with van der Waals surface area (Å²) in [7, 11) is 1.70. The average molecular weight is 187 g/mol. The Hall–Kier alpha value is -1.57. The minimum absolute atomic E-state index is 0.926. The fraction of sp³-hybridized carbons (Fsp3) is 0.250. The average Bonchev–Trinajstić information content (AvgIpc) is 2.18. The van der Waals surface area contributed by atoms with Crippen molar-refractivity contribution in [3.63, 3.8) is 0 Å². The van der Waals surface area contributed by atoms with Gasteiger partial charge in [-0.05, 0) is 37.6 Å². The third-order valence-electron chi connectivity index (χ3n) is 2.36. The quantitative estimate of drug-likeness (QED) is 0.684. The smallest absolute Gasteiger partial charge is 0.131 e. The molecule has 0 radical (unpaired) electrons. The van der Waals surface area contributed by atoms with E-state index in [9.17, 15) is 0 Å². The molecule has 0 aliphatic heterocycles. The number of benzene rings is 1. The van der Waals surface area contributed by atoms with Crippen LogP contribution in [0.15, 0.2) is 24.3 Å². The first kappa shape index (κ1) is 9.00. The van der Waals surface area contributed by atoms with Crippen molar-refractivity contribution in [1.82, 2.24) is 4.98 Å². The van der Waals surface area contributed by atoms with Gasteiger partial charge in [-0.15, -0.1) is 0 Å². The van der Waals surface area contributed by atoms with E-state index in [1.165, 1.54) is 0 Å². The molecule has 2 rings (SSSR count). The van der Waals surface area contributed by atoms with Gasteiger partial charge < -0.3 is 4.74 Å². The molecule has 14 heavy (non-hydrogen) atoms. The van der Waals surface area contributed by atoms with Crippen LogP contribution < -0.4 is 4.74 Å². The van der Waals surface area contributed by atoms with E-state index in [1.54, 1.807) is 7.11 Å². The third kappa shape index (κ3) is 1.33. The van der Waals surface area contributed by atoms with Gasteiger partial charge >= 0.3 is 0 Å². The van der Waals surface area contributed by atoms with E-state index in [4.69, 9.17) is 4.74 Å². The number of hydrogen-bond acceptors (Lipinski definition) is 2. The van der Waals surface area contributed by atoms with Crippen LogP contribution in [0.1, 0.15) is 11.3 Å². The zero-order valence-electron chi connectivity index (χ0n) is 8.66. The van der Waals surface area contributed by atoms with E-state index in [2.05, 4.69) is 11.1 Å². The van der Waals surface area contributed by atoms with Crippen molar-refractivity contribution in [3.8, 4) is 5.75 Å². The highest BCUT2D eigenvalue weighted by atomic mass is 16.5. The molecule has 0 saturated carbocycles. The topological polar surface area (TPSA) is 22.1 Å². The summed E-state index contributed by atoms with van der Waals surface area (Å²) < 4.78 is 5.36. The Morgan fingerprint density at radius 2 is 1.86 bits per heavy atom. The fourth-order valence-electron chi connectivity index (χ4n) is 1.66. The number of methoxy groups -OCH3 is 1. The monoisotopic (exact) mass is 187 g/mol. The van der Waals surface area contributed by atoms with Gasteiger partial charge in [0.05, 0.1) is 12.6 Å². The molecular weight excluding hydrogens is 174 g/mol. The highest BCUT2D eigenvalue weighted by Crippen LogP contribution is 2.27. The number of pyridine rings is 1. The van der Waals surface area contributed by atoms with E-state index in [-0.39, 0.29) is 0 Å². The molecule has 1 aromatic carbocycles. The van der Waals surface area contributed by atoms with Crippen molar-refractivity contribution in [3.05, 3.63) is 35.5 Å². The summed E-state index contributed by atoms with van der Waals surface area (Å²) in [4.78, 5) is 4.45. The van der Waals surface area contributed by atoms with Crippen LogP contribution in [0.5, 0.6) is 5.75 Å². The molecule has 2 nitrogen and oxygen atoms in total. The summed E-state index contributed by atoms with van der Waals surface area (Å²) in [5.74, 6) is 0.926. The molecule has 0 amide bonds. The third-order valence-corrected chi connectivity index (χ3v) is 2.36. The lowest BCUT2D eigenvalue weighted by Gasteiger charge is -2.08. The molecule has 0 saturated heterocycles. The number of rotatable bonds is 1. The standard InChI is InChI=1S/C12H13NO/c1-8-4-7-11-10(12(8)14-3)6-5-9(2)13-11/h4-7H,1-3H3. The normalized spacial score (nSPS) is 10.5. The van der Waals surface area contributed by atoms with E-state index < -0.39 is 0 Å². The molecule has 1 heterocycles. The van der Waals surface area contributed by atoms with Crippen molar-refractivity contribution < 1.29 is 4.74 Å². The first-order chi connectivity index (χ1) is 6.72. The van der Waals surface area contributed by atoms with Gasteiger partial charge in [0.25, 0.3) is 0 Å². The molecule has 0 aliphatic rings. The molecule has 0 N–H and O–H groups in total. The molecule has 0 aliphatic carbocycles. The Kier molecular flexibility index (Phi) is 2.12. The van der Waals surface area contributed by atoms with Gasteiger partial charge in [-0.1, -0.05) is 6.07 Å². The van der Waals surface area contributed by atoms with E-state index >= 15 is 0 Å². The minimum atomic E-state index is 0.926. The Bertz CT molecular complexity index is 477.